The summed E-state index contributed by atoms with van der Waals surface area (Å²) in [6.45, 7) is 4.11. The summed E-state index contributed by atoms with van der Waals surface area (Å²) in [5, 5.41) is 9.89. The van der Waals surface area contributed by atoms with Gasteiger partial charge in [-0.25, -0.2) is 0 Å². The number of nitrogens with zero attached hydrogens (tertiary/aromatic N) is 1. The average Bonchev–Trinajstić information content (AvgIpc) is 2.66. The van der Waals surface area contributed by atoms with Crippen molar-refractivity contribution in [1.82, 2.24) is 4.57 Å². The number of hydrogen-bond acceptors (Lipinski definition) is 2. The number of pyridine rings is 1. The standard InChI is InChI=1S/C14H19NO2/c1-4-5-13(16)11-8-10-9(2)6-7-12(10)15(3)14(11)17/h5,8-9,16H,4,6-7H2,1-3H3/b13-5+. The van der Waals surface area contributed by atoms with Crippen molar-refractivity contribution in [3.8, 4) is 0 Å². The van der Waals surface area contributed by atoms with Gasteiger partial charge in [0.05, 0.1) is 5.56 Å². The Morgan fingerprint density at radius 1 is 1.65 bits per heavy atom. The van der Waals surface area contributed by atoms with E-state index in [0.717, 1.165) is 25.0 Å². The van der Waals surface area contributed by atoms with Crippen molar-refractivity contribution in [2.24, 2.45) is 7.05 Å². The van der Waals surface area contributed by atoms with Gasteiger partial charge in [0.2, 0.25) is 0 Å². The number of allylic oxidation sites excluding steroid dienone is 1. The van der Waals surface area contributed by atoms with Crippen molar-refractivity contribution >= 4 is 5.76 Å². The molecule has 0 saturated heterocycles. The van der Waals surface area contributed by atoms with Gasteiger partial charge in [-0.1, -0.05) is 13.8 Å². The monoisotopic (exact) mass is 233 g/mol. The molecule has 1 N–H and O–H groups in total. The predicted octanol–water partition coefficient (Wildman–Crippen LogP) is 2.74. The van der Waals surface area contributed by atoms with Gasteiger partial charge in [-0.15, -0.1) is 0 Å². The molecule has 2 rings (SSSR count). The molecule has 0 amide bonds. The average molecular weight is 233 g/mol. The smallest absolute Gasteiger partial charge is 0.261 e. The van der Waals surface area contributed by atoms with Gasteiger partial charge in [-0.05, 0) is 42.9 Å². The zero-order chi connectivity index (χ0) is 12.6. The van der Waals surface area contributed by atoms with Crippen LogP contribution in [-0.2, 0) is 13.5 Å². The van der Waals surface area contributed by atoms with E-state index in [2.05, 4.69) is 6.92 Å². The third kappa shape index (κ3) is 1.90. The Morgan fingerprint density at radius 2 is 2.35 bits per heavy atom. The van der Waals surface area contributed by atoms with E-state index in [-0.39, 0.29) is 11.3 Å². The van der Waals surface area contributed by atoms with Gasteiger partial charge in [-0.2, -0.15) is 0 Å². The summed E-state index contributed by atoms with van der Waals surface area (Å²) >= 11 is 0. The normalized spacial score (nSPS) is 19.5. The van der Waals surface area contributed by atoms with E-state index in [1.54, 1.807) is 17.7 Å². The first-order chi connectivity index (χ1) is 8.06. The van der Waals surface area contributed by atoms with E-state index in [1.807, 2.05) is 13.0 Å². The minimum Gasteiger partial charge on any atom is -0.507 e. The van der Waals surface area contributed by atoms with E-state index in [1.165, 1.54) is 5.56 Å². The fourth-order valence-corrected chi connectivity index (χ4v) is 2.53. The number of hydrogen-bond donors (Lipinski definition) is 1. The fourth-order valence-electron chi connectivity index (χ4n) is 2.53. The van der Waals surface area contributed by atoms with Crippen LogP contribution in [0.2, 0.25) is 0 Å². The van der Waals surface area contributed by atoms with Crippen LogP contribution in [0.1, 0.15) is 49.4 Å². The molecule has 1 aliphatic rings. The molecule has 0 fully saturated rings. The van der Waals surface area contributed by atoms with Gasteiger partial charge in [0.15, 0.2) is 0 Å². The lowest BCUT2D eigenvalue weighted by Crippen LogP contribution is -2.24. The van der Waals surface area contributed by atoms with Gasteiger partial charge in [0, 0.05) is 12.7 Å². The summed E-state index contributed by atoms with van der Waals surface area (Å²) in [5.74, 6) is 0.583. The first-order valence-corrected chi connectivity index (χ1v) is 6.18. The molecule has 1 heterocycles. The number of aliphatic hydroxyl groups excluding tert-OH is 1. The summed E-state index contributed by atoms with van der Waals surface area (Å²) in [7, 11) is 1.79. The molecule has 0 saturated carbocycles. The quantitative estimate of drug-likeness (QED) is 0.798. The molecule has 1 atom stereocenters. The van der Waals surface area contributed by atoms with Crippen molar-refractivity contribution in [2.75, 3.05) is 0 Å². The SMILES string of the molecule is CC/C=C(/O)c1cc2c(n(C)c1=O)CCC2C. The van der Waals surface area contributed by atoms with Crippen molar-refractivity contribution < 1.29 is 5.11 Å². The minimum absolute atomic E-state index is 0.0972. The maximum atomic E-state index is 12.1. The summed E-state index contributed by atoms with van der Waals surface area (Å²) in [4.78, 5) is 12.1. The second-order valence-electron chi connectivity index (χ2n) is 4.76. The molecule has 0 aromatic carbocycles. The Kier molecular flexibility index (Phi) is 3.09. The van der Waals surface area contributed by atoms with Crippen LogP contribution in [0.25, 0.3) is 5.76 Å². The molecule has 17 heavy (non-hydrogen) atoms. The maximum absolute atomic E-state index is 12.1. The van der Waals surface area contributed by atoms with Crippen LogP contribution in [-0.4, -0.2) is 9.67 Å². The van der Waals surface area contributed by atoms with E-state index in [9.17, 15) is 9.90 Å². The third-order valence-corrected chi connectivity index (χ3v) is 3.59. The summed E-state index contributed by atoms with van der Waals surface area (Å²) in [5.41, 5.74) is 2.66. The Labute approximate surface area is 101 Å². The predicted molar refractivity (Wildman–Crippen MR) is 69.3 cm³/mol. The van der Waals surface area contributed by atoms with Crippen LogP contribution in [0.5, 0.6) is 0 Å². The van der Waals surface area contributed by atoms with Gasteiger partial charge < -0.3 is 9.67 Å². The van der Waals surface area contributed by atoms with E-state index >= 15 is 0 Å². The molecule has 1 aromatic rings. The Morgan fingerprint density at radius 3 is 3.00 bits per heavy atom. The van der Waals surface area contributed by atoms with Crippen LogP contribution in [0, 0.1) is 0 Å². The maximum Gasteiger partial charge on any atom is 0.261 e. The second kappa shape index (κ2) is 4.40. The molecule has 3 nitrogen and oxygen atoms in total. The van der Waals surface area contributed by atoms with E-state index in [4.69, 9.17) is 0 Å². The molecular weight excluding hydrogens is 214 g/mol. The van der Waals surface area contributed by atoms with E-state index in [0.29, 0.717) is 11.5 Å². The van der Waals surface area contributed by atoms with Crippen molar-refractivity contribution in [1.29, 1.82) is 0 Å². The Hall–Kier alpha value is -1.51. The molecule has 0 radical (unpaired) electrons. The van der Waals surface area contributed by atoms with Gasteiger partial charge in [0.25, 0.3) is 5.56 Å². The zero-order valence-electron chi connectivity index (χ0n) is 10.7. The lowest BCUT2D eigenvalue weighted by Gasteiger charge is -2.11. The molecule has 1 aliphatic carbocycles. The Bertz CT molecular complexity index is 526. The number of fused-ring (bicyclic) bond motifs is 1. The molecule has 92 valence electrons. The first kappa shape index (κ1) is 12.0. The van der Waals surface area contributed by atoms with Crippen molar-refractivity contribution in [2.45, 2.75) is 39.0 Å². The third-order valence-electron chi connectivity index (χ3n) is 3.59. The van der Waals surface area contributed by atoms with Crippen LogP contribution in [0.3, 0.4) is 0 Å². The number of aromatic nitrogens is 1. The topological polar surface area (TPSA) is 42.2 Å². The summed E-state index contributed by atoms with van der Waals surface area (Å²) in [6, 6.07) is 1.87. The molecule has 1 aromatic heterocycles. The fraction of sp³-hybridized carbons (Fsp3) is 0.500. The highest BCUT2D eigenvalue weighted by molar-refractivity contribution is 5.59. The van der Waals surface area contributed by atoms with Crippen LogP contribution >= 0.6 is 0 Å². The molecule has 0 bridgehead atoms. The van der Waals surface area contributed by atoms with Gasteiger partial charge >= 0.3 is 0 Å². The van der Waals surface area contributed by atoms with Gasteiger partial charge in [-0.3, -0.25) is 4.79 Å². The summed E-state index contributed by atoms with van der Waals surface area (Å²) < 4.78 is 1.69. The van der Waals surface area contributed by atoms with E-state index < -0.39 is 0 Å². The summed E-state index contributed by atoms with van der Waals surface area (Å²) in [6.07, 6.45) is 4.45. The number of rotatable bonds is 2. The molecular formula is C14H19NO2. The zero-order valence-corrected chi connectivity index (χ0v) is 10.7. The van der Waals surface area contributed by atoms with Crippen LogP contribution in [0.15, 0.2) is 16.9 Å². The minimum atomic E-state index is -0.0972. The highest BCUT2D eigenvalue weighted by Gasteiger charge is 2.23. The number of aliphatic hydroxyl groups is 1. The van der Waals surface area contributed by atoms with Crippen molar-refractivity contribution in [3.63, 3.8) is 0 Å². The van der Waals surface area contributed by atoms with Gasteiger partial charge in [0.1, 0.15) is 5.76 Å². The second-order valence-corrected chi connectivity index (χ2v) is 4.76. The van der Waals surface area contributed by atoms with Crippen molar-refractivity contribution in [3.05, 3.63) is 39.3 Å². The Balaban J connectivity index is 2.64. The lowest BCUT2D eigenvalue weighted by molar-refractivity contribution is 0.507. The molecule has 3 heteroatoms. The molecule has 0 aliphatic heterocycles. The first-order valence-electron chi connectivity index (χ1n) is 6.18. The molecule has 1 unspecified atom stereocenters. The molecule has 0 spiro atoms. The largest absolute Gasteiger partial charge is 0.507 e. The van der Waals surface area contributed by atoms with Crippen LogP contribution in [0.4, 0.5) is 0 Å². The lowest BCUT2D eigenvalue weighted by atomic mass is 10.0. The highest BCUT2D eigenvalue weighted by Crippen LogP contribution is 2.32. The highest BCUT2D eigenvalue weighted by atomic mass is 16.3. The van der Waals surface area contributed by atoms with Crippen LogP contribution < -0.4 is 5.56 Å².